The van der Waals surface area contributed by atoms with Crippen molar-refractivity contribution in [3.05, 3.63) is 35.9 Å². The van der Waals surface area contributed by atoms with Crippen LogP contribution in [-0.2, 0) is 16.1 Å². The zero-order chi connectivity index (χ0) is 16.1. The molecule has 2 atom stereocenters. The first-order valence-corrected chi connectivity index (χ1v) is 8.19. The van der Waals surface area contributed by atoms with Crippen LogP contribution in [0.1, 0.15) is 18.4 Å². The topological polar surface area (TPSA) is 71.0 Å². The van der Waals surface area contributed by atoms with E-state index in [0.29, 0.717) is 13.2 Å². The van der Waals surface area contributed by atoms with Crippen LogP contribution >= 0.6 is 0 Å². The van der Waals surface area contributed by atoms with Crippen LogP contribution in [0.4, 0.5) is 4.79 Å². The van der Waals surface area contributed by atoms with Crippen molar-refractivity contribution in [3.8, 4) is 0 Å². The third-order valence-corrected chi connectivity index (χ3v) is 4.55. The van der Waals surface area contributed by atoms with E-state index in [9.17, 15) is 9.90 Å². The third kappa shape index (κ3) is 4.43. The minimum Gasteiger partial charge on any atom is -0.445 e. The molecule has 6 heteroatoms. The molecule has 2 heterocycles. The Kier molecular flexibility index (Phi) is 5.48. The molecule has 2 N–H and O–H groups in total. The van der Waals surface area contributed by atoms with Crippen molar-refractivity contribution in [2.45, 2.75) is 37.6 Å². The number of piperidine rings is 1. The number of hydrogen-bond donors (Lipinski definition) is 2. The molecule has 0 bridgehead atoms. The van der Waals surface area contributed by atoms with Crippen molar-refractivity contribution in [3.63, 3.8) is 0 Å². The lowest BCUT2D eigenvalue weighted by atomic mass is 10.0. The molecule has 1 amide bonds. The van der Waals surface area contributed by atoms with Gasteiger partial charge in [-0.25, -0.2) is 4.79 Å². The Hall–Kier alpha value is -1.63. The van der Waals surface area contributed by atoms with Gasteiger partial charge in [-0.15, -0.1) is 0 Å². The number of hydrogen-bond acceptors (Lipinski definition) is 5. The molecule has 23 heavy (non-hydrogen) atoms. The molecule has 0 unspecified atom stereocenters. The van der Waals surface area contributed by atoms with Gasteiger partial charge >= 0.3 is 6.09 Å². The maximum Gasteiger partial charge on any atom is 0.407 e. The molecule has 2 saturated heterocycles. The van der Waals surface area contributed by atoms with E-state index in [2.05, 4.69) is 10.2 Å². The van der Waals surface area contributed by atoms with Gasteiger partial charge in [0.05, 0.1) is 25.4 Å². The Balaban J connectivity index is 1.37. The number of aliphatic hydroxyl groups excluding tert-OH is 1. The van der Waals surface area contributed by atoms with Gasteiger partial charge in [0.25, 0.3) is 0 Å². The van der Waals surface area contributed by atoms with Crippen molar-refractivity contribution in [2.75, 3.05) is 26.3 Å². The molecular formula is C17H24N2O4. The maximum atomic E-state index is 11.9. The Labute approximate surface area is 136 Å². The number of rotatable bonds is 4. The molecule has 126 valence electrons. The summed E-state index contributed by atoms with van der Waals surface area (Å²) in [6.45, 7) is 3.02. The van der Waals surface area contributed by atoms with Crippen LogP contribution in [0.2, 0.25) is 0 Å². The highest BCUT2D eigenvalue weighted by Gasteiger charge is 2.34. The molecule has 6 nitrogen and oxygen atoms in total. The van der Waals surface area contributed by atoms with E-state index < -0.39 is 6.10 Å². The van der Waals surface area contributed by atoms with Gasteiger partial charge in [-0.3, -0.25) is 4.90 Å². The maximum absolute atomic E-state index is 11.9. The molecule has 1 aromatic carbocycles. The van der Waals surface area contributed by atoms with E-state index in [4.69, 9.17) is 9.47 Å². The number of aliphatic hydroxyl groups is 1. The van der Waals surface area contributed by atoms with Crippen LogP contribution in [-0.4, -0.2) is 60.6 Å². The average molecular weight is 320 g/mol. The summed E-state index contributed by atoms with van der Waals surface area (Å²) in [6.07, 6.45) is 0.972. The average Bonchev–Trinajstić information content (AvgIpc) is 3.01. The Morgan fingerprint density at radius 1 is 1.26 bits per heavy atom. The fourth-order valence-electron chi connectivity index (χ4n) is 3.19. The Morgan fingerprint density at radius 3 is 2.65 bits per heavy atom. The zero-order valence-electron chi connectivity index (χ0n) is 13.2. The summed E-state index contributed by atoms with van der Waals surface area (Å²) >= 11 is 0. The van der Waals surface area contributed by atoms with Gasteiger partial charge in [0.2, 0.25) is 0 Å². The van der Waals surface area contributed by atoms with Crippen molar-refractivity contribution in [1.29, 1.82) is 0 Å². The zero-order valence-corrected chi connectivity index (χ0v) is 13.2. The van der Waals surface area contributed by atoms with Crippen LogP contribution in [0.25, 0.3) is 0 Å². The predicted octanol–water partition coefficient (Wildman–Crippen LogP) is 1.14. The van der Waals surface area contributed by atoms with E-state index >= 15 is 0 Å². The fourth-order valence-corrected chi connectivity index (χ4v) is 3.19. The quantitative estimate of drug-likeness (QED) is 0.870. The Bertz CT molecular complexity index is 503. The first kappa shape index (κ1) is 16.2. The number of carbonyl (C=O) groups is 1. The van der Waals surface area contributed by atoms with E-state index in [1.165, 1.54) is 0 Å². The van der Waals surface area contributed by atoms with E-state index in [1.54, 1.807) is 0 Å². The van der Waals surface area contributed by atoms with Gasteiger partial charge in [0, 0.05) is 19.1 Å². The van der Waals surface area contributed by atoms with Gasteiger partial charge in [-0.05, 0) is 18.4 Å². The first-order chi connectivity index (χ1) is 11.2. The number of likely N-dealkylation sites (tertiary alicyclic amines) is 1. The van der Waals surface area contributed by atoms with Gasteiger partial charge in [0.1, 0.15) is 6.61 Å². The number of carbonyl (C=O) groups excluding carboxylic acids is 1. The molecule has 0 spiro atoms. The summed E-state index contributed by atoms with van der Waals surface area (Å²) in [5, 5.41) is 12.8. The van der Waals surface area contributed by atoms with Gasteiger partial charge < -0.3 is 19.9 Å². The lowest BCUT2D eigenvalue weighted by Gasteiger charge is -2.36. The lowest BCUT2D eigenvalue weighted by molar-refractivity contribution is 0.0618. The highest BCUT2D eigenvalue weighted by Crippen LogP contribution is 2.19. The predicted molar refractivity (Wildman–Crippen MR) is 85.0 cm³/mol. The molecule has 0 saturated carbocycles. The van der Waals surface area contributed by atoms with Crippen LogP contribution in [0.3, 0.4) is 0 Å². The summed E-state index contributed by atoms with van der Waals surface area (Å²) in [6, 6.07) is 9.88. The van der Waals surface area contributed by atoms with Crippen molar-refractivity contribution in [2.24, 2.45) is 0 Å². The minimum atomic E-state index is -0.393. The largest absolute Gasteiger partial charge is 0.445 e. The molecule has 1 aromatic rings. The highest BCUT2D eigenvalue weighted by molar-refractivity contribution is 5.67. The second kappa shape index (κ2) is 7.77. The van der Waals surface area contributed by atoms with E-state index in [-0.39, 0.29) is 24.8 Å². The second-order valence-corrected chi connectivity index (χ2v) is 6.19. The molecule has 0 aliphatic carbocycles. The highest BCUT2D eigenvalue weighted by atomic mass is 16.5. The van der Waals surface area contributed by atoms with Crippen molar-refractivity contribution >= 4 is 6.09 Å². The van der Waals surface area contributed by atoms with Gasteiger partial charge in [-0.1, -0.05) is 30.3 Å². The van der Waals surface area contributed by atoms with Gasteiger partial charge in [0.15, 0.2) is 0 Å². The molecule has 3 rings (SSSR count). The van der Waals surface area contributed by atoms with E-state index in [1.807, 2.05) is 30.3 Å². The van der Waals surface area contributed by atoms with Crippen molar-refractivity contribution in [1.82, 2.24) is 10.2 Å². The van der Waals surface area contributed by atoms with Crippen molar-refractivity contribution < 1.29 is 19.4 Å². The van der Waals surface area contributed by atoms with Crippen LogP contribution in [0.15, 0.2) is 30.3 Å². The molecule has 0 radical (unpaired) electrons. The third-order valence-electron chi connectivity index (χ3n) is 4.55. The number of nitrogens with one attached hydrogen (secondary N) is 1. The van der Waals surface area contributed by atoms with Crippen LogP contribution < -0.4 is 5.32 Å². The summed E-state index contributed by atoms with van der Waals surface area (Å²) in [5.74, 6) is 0. The smallest absolute Gasteiger partial charge is 0.407 e. The normalized spacial score (nSPS) is 26.1. The molecule has 0 aromatic heterocycles. The number of benzene rings is 1. The summed E-state index contributed by atoms with van der Waals surface area (Å²) in [5.41, 5.74) is 0.979. The number of ether oxygens (including phenoxy) is 2. The van der Waals surface area contributed by atoms with Crippen LogP contribution in [0.5, 0.6) is 0 Å². The number of alkyl carbamates (subject to hydrolysis) is 1. The van der Waals surface area contributed by atoms with Gasteiger partial charge in [-0.2, -0.15) is 0 Å². The number of nitrogens with zero attached hydrogens (tertiary/aromatic N) is 1. The van der Waals surface area contributed by atoms with E-state index in [0.717, 1.165) is 31.5 Å². The summed E-state index contributed by atoms with van der Waals surface area (Å²) < 4.78 is 10.6. The SMILES string of the molecule is O=C(NC1CCN([C@@H]2COC[C@H]2O)CC1)OCc1ccccc1. The molecule has 2 aliphatic rings. The summed E-state index contributed by atoms with van der Waals surface area (Å²) in [7, 11) is 0. The Morgan fingerprint density at radius 2 is 2.00 bits per heavy atom. The molecule has 2 fully saturated rings. The molecular weight excluding hydrogens is 296 g/mol. The lowest BCUT2D eigenvalue weighted by Crippen LogP contribution is -2.51. The first-order valence-electron chi connectivity index (χ1n) is 8.19. The standard InChI is InChI=1S/C17H24N2O4/c20-16-12-22-11-15(16)19-8-6-14(7-9-19)18-17(21)23-10-13-4-2-1-3-5-13/h1-5,14-16,20H,6-12H2,(H,18,21)/t15-,16-/m1/s1. The van der Waals surface area contributed by atoms with Crippen LogP contribution in [0, 0.1) is 0 Å². The monoisotopic (exact) mass is 320 g/mol. The second-order valence-electron chi connectivity index (χ2n) is 6.19. The molecule has 2 aliphatic heterocycles. The number of amides is 1. The fraction of sp³-hybridized carbons (Fsp3) is 0.588. The summed E-state index contributed by atoms with van der Waals surface area (Å²) in [4.78, 5) is 14.1. The minimum absolute atomic E-state index is 0.0981.